The molecule has 0 spiro atoms. The summed E-state index contributed by atoms with van der Waals surface area (Å²) in [6.45, 7) is 1.11. The van der Waals surface area contributed by atoms with Crippen molar-refractivity contribution >= 4 is 68.2 Å². The fourth-order valence-electron chi connectivity index (χ4n) is 1.52. The summed E-state index contributed by atoms with van der Waals surface area (Å²) >= 11 is 20.2. The Morgan fingerprint density at radius 2 is 1.77 bits per heavy atom. The van der Waals surface area contributed by atoms with Crippen LogP contribution in [0.25, 0.3) is 0 Å². The van der Waals surface area contributed by atoms with Gasteiger partial charge in [0.1, 0.15) is 4.83 Å². The molecule has 0 aliphatic carbocycles. The molecule has 0 saturated carbocycles. The maximum atomic E-state index is 12.3. The molecule has 1 aromatic rings. The molecule has 10 heteroatoms. The normalized spacial score (nSPS) is 14.0. The SMILES string of the molecule is CC(=O)O[C@H]([C@H](Br)C(=O)c1ccc([N+](=O)[O-])cc1)C(Cl)(Cl)Cl. The van der Waals surface area contributed by atoms with E-state index >= 15 is 0 Å². The summed E-state index contributed by atoms with van der Waals surface area (Å²) in [6, 6.07) is 4.86. The van der Waals surface area contributed by atoms with E-state index in [1.54, 1.807) is 0 Å². The van der Waals surface area contributed by atoms with Gasteiger partial charge in [-0.2, -0.15) is 0 Å². The van der Waals surface area contributed by atoms with Crippen molar-refractivity contribution in [2.45, 2.75) is 21.6 Å². The van der Waals surface area contributed by atoms with E-state index in [1.165, 1.54) is 24.3 Å². The minimum absolute atomic E-state index is 0.138. The molecule has 120 valence electrons. The number of nitro benzene ring substituents is 1. The average molecular weight is 433 g/mol. The fourth-order valence-corrected chi connectivity index (χ4v) is 3.25. The first-order chi connectivity index (χ1) is 10.0. The number of non-ortho nitro benzene ring substituents is 1. The molecule has 0 unspecified atom stereocenters. The predicted octanol–water partition coefficient (Wildman–Crippen LogP) is 3.84. The molecule has 0 aliphatic heterocycles. The molecule has 0 saturated heterocycles. The van der Waals surface area contributed by atoms with Gasteiger partial charge in [-0.15, -0.1) is 0 Å². The van der Waals surface area contributed by atoms with Gasteiger partial charge in [0.25, 0.3) is 5.69 Å². The lowest BCUT2D eigenvalue weighted by Crippen LogP contribution is -2.42. The number of hydrogen-bond acceptors (Lipinski definition) is 5. The number of ketones is 1. The Kier molecular flexibility index (Phi) is 6.61. The quantitative estimate of drug-likeness (QED) is 0.232. The summed E-state index contributed by atoms with van der Waals surface area (Å²) in [5, 5.41) is 10.6. The number of esters is 1. The molecular weight excluding hydrogens is 424 g/mol. The fraction of sp³-hybridized carbons (Fsp3) is 0.333. The molecule has 0 aromatic heterocycles. The highest BCUT2D eigenvalue weighted by atomic mass is 79.9. The van der Waals surface area contributed by atoms with Gasteiger partial charge in [-0.1, -0.05) is 50.7 Å². The molecule has 1 aromatic carbocycles. The Balaban J connectivity index is 3.02. The standard InChI is InChI=1S/C12H9BrCl3NO5/c1-6(18)22-11(12(14,15)16)9(13)10(19)7-2-4-8(5-3-7)17(20)21/h2-5,9,11H,1H3/t9-,11-/m1/s1. The number of carbonyl (C=O) groups is 2. The molecule has 0 heterocycles. The maximum absolute atomic E-state index is 12.3. The van der Waals surface area contributed by atoms with E-state index in [1.807, 2.05) is 0 Å². The number of rotatable bonds is 5. The second-order valence-electron chi connectivity index (χ2n) is 4.14. The van der Waals surface area contributed by atoms with Crippen LogP contribution in [0.15, 0.2) is 24.3 Å². The van der Waals surface area contributed by atoms with Crippen molar-refractivity contribution < 1.29 is 19.2 Å². The lowest BCUT2D eigenvalue weighted by Gasteiger charge is -2.27. The number of Topliss-reactive ketones (excluding diaryl/α,β-unsaturated/α-hetero) is 1. The average Bonchev–Trinajstić information content (AvgIpc) is 2.42. The van der Waals surface area contributed by atoms with Crippen LogP contribution in [-0.2, 0) is 9.53 Å². The number of halogens is 4. The molecule has 1 rings (SSSR count). The first kappa shape index (κ1) is 19.2. The zero-order valence-electron chi connectivity index (χ0n) is 11.0. The summed E-state index contributed by atoms with van der Waals surface area (Å²) in [5.41, 5.74) is -0.0283. The van der Waals surface area contributed by atoms with Crippen molar-refractivity contribution in [3.63, 3.8) is 0 Å². The highest BCUT2D eigenvalue weighted by molar-refractivity contribution is 9.10. The van der Waals surface area contributed by atoms with Gasteiger partial charge in [-0.3, -0.25) is 19.7 Å². The monoisotopic (exact) mass is 431 g/mol. The molecule has 2 atom stereocenters. The summed E-state index contributed by atoms with van der Waals surface area (Å²) < 4.78 is 2.84. The minimum Gasteiger partial charge on any atom is -0.456 e. The lowest BCUT2D eigenvalue weighted by atomic mass is 10.1. The third kappa shape index (κ3) is 5.08. The number of nitrogens with zero attached hydrogens (tertiary/aromatic N) is 1. The van der Waals surface area contributed by atoms with Crippen LogP contribution in [0.3, 0.4) is 0 Å². The van der Waals surface area contributed by atoms with Gasteiger partial charge in [0.15, 0.2) is 11.9 Å². The van der Waals surface area contributed by atoms with Crippen molar-refractivity contribution in [1.29, 1.82) is 0 Å². The molecule has 0 radical (unpaired) electrons. The zero-order valence-corrected chi connectivity index (χ0v) is 14.8. The number of alkyl halides is 4. The zero-order chi connectivity index (χ0) is 17.1. The Bertz CT molecular complexity index is 587. The summed E-state index contributed by atoms with van der Waals surface area (Å²) in [4.78, 5) is 32.2. The second-order valence-corrected chi connectivity index (χ2v) is 7.50. The van der Waals surface area contributed by atoms with E-state index in [4.69, 9.17) is 39.5 Å². The number of carbonyl (C=O) groups excluding carboxylic acids is 2. The minimum atomic E-state index is -2.03. The van der Waals surface area contributed by atoms with E-state index < -0.39 is 31.4 Å². The summed E-state index contributed by atoms with van der Waals surface area (Å²) in [7, 11) is 0. The molecule has 22 heavy (non-hydrogen) atoms. The van der Waals surface area contributed by atoms with Crippen LogP contribution in [0, 0.1) is 10.1 Å². The first-order valence-corrected chi connectivity index (χ1v) is 7.75. The molecule has 0 aliphatic rings. The van der Waals surface area contributed by atoms with Crippen molar-refractivity contribution in [2.75, 3.05) is 0 Å². The van der Waals surface area contributed by atoms with Gasteiger partial charge in [0, 0.05) is 24.6 Å². The van der Waals surface area contributed by atoms with Gasteiger partial charge in [0.05, 0.1) is 4.92 Å². The predicted molar refractivity (Wildman–Crippen MR) is 86.0 cm³/mol. The van der Waals surface area contributed by atoms with Gasteiger partial charge < -0.3 is 4.74 Å². The Hall–Kier alpha value is -0.890. The third-order valence-corrected chi connectivity index (χ3v) is 4.04. The number of benzene rings is 1. The molecule has 6 nitrogen and oxygen atoms in total. The molecule has 0 N–H and O–H groups in total. The van der Waals surface area contributed by atoms with Crippen molar-refractivity contribution in [3.8, 4) is 0 Å². The first-order valence-electron chi connectivity index (χ1n) is 5.70. The van der Waals surface area contributed by atoms with Crippen molar-refractivity contribution in [2.24, 2.45) is 0 Å². The van der Waals surface area contributed by atoms with E-state index in [9.17, 15) is 19.7 Å². The Labute approximate surface area is 148 Å². The van der Waals surface area contributed by atoms with Crippen LogP contribution >= 0.6 is 50.7 Å². The topological polar surface area (TPSA) is 86.5 Å². The maximum Gasteiger partial charge on any atom is 0.303 e. The van der Waals surface area contributed by atoms with E-state index in [-0.39, 0.29) is 11.3 Å². The largest absolute Gasteiger partial charge is 0.456 e. The molecular formula is C12H9BrCl3NO5. The summed E-state index contributed by atoms with van der Waals surface area (Å²) in [6.07, 6.45) is -1.36. The van der Waals surface area contributed by atoms with Crippen LogP contribution in [0.5, 0.6) is 0 Å². The lowest BCUT2D eigenvalue weighted by molar-refractivity contribution is -0.384. The number of nitro groups is 1. The van der Waals surface area contributed by atoms with E-state index in [2.05, 4.69) is 15.9 Å². The highest BCUT2D eigenvalue weighted by Crippen LogP contribution is 2.37. The van der Waals surface area contributed by atoms with Crippen LogP contribution in [0.1, 0.15) is 17.3 Å². The van der Waals surface area contributed by atoms with Gasteiger partial charge in [-0.25, -0.2) is 0 Å². The number of ether oxygens (including phenoxy) is 1. The number of hydrogen-bond donors (Lipinski definition) is 0. The van der Waals surface area contributed by atoms with Crippen LogP contribution in [0.2, 0.25) is 0 Å². The molecule has 0 fully saturated rings. The van der Waals surface area contributed by atoms with Gasteiger partial charge in [-0.05, 0) is 12.1 Å². The second kappa shape index (κ2) is 7.59. The van der Waals surface area contributed by atoms with Crippen LogP contribution in [0.4, 0.5) is 5.69 Å². The van der Waals surface area contributed by atoms with E-state index in [0.717, 1.165) is 6.92 Å². The Morgan fingerprint density at radius 1 is 1.27 bits per heavy atom. The smallest absolute Gasteiger partial charge is 0.303 e. The Morgan fingerprint density at radius 3 is 2.14 bits per heavy atom. The summed E-state index contributed by atoms with van der Waals surface area (Å²) in [5.74, 6) is -1.27. The molecule has 0 bridgehead atoms. The van der Waals surface area contributed by atoms with Gasteiger partial charge in [0.2, 0.25) is 3.79 Å². The van der Waals surface area contributed by atoms with E-state index in [0.29, 0.717) is 0 Å². The third-order valence-electron chi connectivity index (χ3n) is 2.49. The van der Waals surface area contributed by atoms with Crippen LogP contribution < -0.4 is 0 Å². The van der Waals surface area contributed by atoms with Crippen LogP contribution in [-0.4, -0.2) is 31.4 Å². The van der Waals surface area contributed by atoms with Gasteiger partial charge >= 0.3 is 5.97 Å². The molecule has 0 amide bonds. The van der Waals surface area contributed by atoms with Crippen molar-refractivity contribution in [1.82, 2.24) is 0 Å². The van der Waals surface area contributed by atoms with Crippen molar-refractivity contribution in [3.05, 3.63) is 39.9 Å². The highest BCUT2D eigenvalue weighted by Gasteiger charge is 2.43.